The number of carbonyl (C=O) groups excluding carboxylic acids is 1. The van der Waals surface area contributed by atoms with Crippen molar-refractivity contribution in [3.63, 3.8) is 0 Å². The number of fused-ring (bicyclic) bond motifs is 1. The van der Waals surface area contributed by atoms with E-state index in [1.54, 1.807) is 37.1 Å². The smallest absolute Gasteiger partial charge is 0.175 e. The summed E-state index contributed by atoms with van der Waals surface area (Å²) in [7, 11) is 1.63. The number of benzene rings is 2. The van der Waals surface area contributed by atoms with Crippen LogP contribution in [0.25, 0.3) is 0 Å². The van der Waals surface area contributed by atoms with Gasteiger partial charge in [-0.2, -0.15) is 0 Å². The predicted molar refractivity (Wildman–Crippen MR) is 83.5 cm³/mol. The molecule has 1 N–H and O–H groups in total. The van der Waals surface area contributed by atoms with Crippen LogP contribution in [0.2, 0.25) is 0 Å². The molecule has 1 atom stereocenters. The molecule has 0 saturated heterocycles. The lowest BCUT2D eigenvalue weighted by Crippen LogP contribution is -2.38. The minimum atomic E-state index is -0.555. The molecule has 2 aromatic rings. The molecule has 1 heterocycles. The van der Waals surface area contributed by atoms with Crippen molar-refractivity contribution in [3.05, 3.63) is 53.6 Å². The normalized spacial score (nSPS) is 21.0. The van der Waals surface area contributed by atoms with Crippen molar-refractivity contribution in [3.8, 4) is 11.5 Å². The van der Waals surface area contributed by atoms with E-state index in [-0.39, 0.29) is 11.5 Å². The number of ketones is 1. The number of Topliss-reactive ketones (excluding diaryl/α,β-unsaturated/α-hetero) is 1. The van der Waals surface area contributed by atoms with Crippen LogP contribution in [-0.2, 0) is 5.41 Å². The van der Waals surface area contributed by atoms with Crippen LogP contribution in [0.4, 0.5) is 0 Å². The van der Waals surface area contributed by atoms with Crippen LogP contribution >= 0.6 is 11.8 Å². The van der Waals surface area contributed by atoms with Gasteiger partial charge < -0.3 is 9.84 Å². The Kier molecular flexibility index (Phi) is 3.41. The van der Waals surface area contributed by atoms with Gasteiger partial charge in [0.25, 0.3) is 0 Å². The van der Waals surface area contributed by atoms with Crippen LogP contribution in [0.15, 0.2) is 47.4 Å². The highest BCUT2D eigenvalue weighted by atomic mass is 32.2. The number of hydrogen-bond donors (Lipinski definition) is 1. The second kappa shape index (κ2) is 5.11. The Labute approximate surface area is 127 Å². The fraction of sp³-hybridized carbons (Fsp3) is 0.235. The number of aromatic hydroxyl groups is 1. The fourth-order valence-electron chi connectivity index (χ4n) is 2.58. The Bertz CT molecular complexity index is 694. The van der Waals surface area contributed by atoms with Crippen LogP contribution < -0.4 is 4.74 Å². The Morgan fingerprint density at radius 2 is 1.90 bits per heavy atom. The highest BCUT2D eigenvalue weighted by molar-refractivity contribution is 7.99. The summed E-state index contributed by atoms with van der Waals surface area (Å²) in [6.07, 6.45) is 0. The van der Waals surface area contributed by atoms with E-state index in [1.807, 2.05) is 31.2 Å². The summed E-state index contributed by atoms with van der Waals surface area (Å²) in [5.74, 6) is 1.74. The molecule has 0 fully saturated rings. The molecule has 1 aliphatic heterocycles. The molecule has 1 unspecified atom stereocenters. The Morgan fingerprint density at radius 3 is 2.57 bits per heavy atom. The predicted octanol–water partition coefficient (Wildman–Crippen LogP) is 3.65. The van der Waals surface area contributed by atoms with Crippen molar-refractivity contribution >= 4 is 17.5 Å². The van der Waals surface area contributed by atoms with Crippen LogP contribution in [0.5, 0.6) is 11.5 Å². The van der Waals surface area contributed by atoms with E-state index in [9.17, 15) is 9.90 Å². The zero-order valence-corrected chi connectivity index (χ0v) is 12.7. The van der Waals surface area contributed by atoms with Crippen molar-refractivity contribution in [1.29, 1.82) is 0 Å². The number of hydrogen-bond acceptors (Lipinski definition) is 4. The summed E-state index contributed by atoms with van der Waals surface area (Å²) in [6, 6.07) is 12.6. The molecule has 3 rings (SSSR count). The van der Waals surface area contributed by atoms with Gasteiger partial charge in [-0.1, -0.05) is 12.1 Å². The summed E-state index contributed by atoms with van der Waals surface area (Å²) >= 11 is 1.61. The van der Waals surface area contributed by atoms with E-state index in [0.717, 1.165) is 16.2 Å². The first-order valence-corrected chi connectivity index (χ1v) is 7.68. The van der Waals surface area contributed by atoms with E-state index in [4.69, 9.17) is 4.74 Å². The molecule has 0 spiro atoms. The first-order valence-electron chi connectivity index (χ1n) is 6.70. The van der Waals surface area contributed by atoms with E-state index < -0.39 is 5.41 Å². The van der Waals surface area contributed by atoms with Gasteiger partial charge in [0.15, 0.2) is 5.78 Å². The Balaban J connectivity index is 2.02. The summed E-state index contributed by atoms with van der Waals surface area (Å²) in [5, 5.41) is 9.54. The number of carbonyl (C=O) groups is 1. The summed E-state index contributed by atoms with van der Waals surface area (Å²) in [4.78, 5) is 13.7. The molecule has 108 valence electrons. The van der Waals surface area contributed by atoms with Gasteiger partial charge in [0.2, 0.25) is 0 Å². The van der Waals surface area contributed by atoms with Crippen LogP contribution in [0.1, 0.15) is 22.8 Å². The maximum Gasteiger partial charge on any atom is 0.175 e. The van der Waals surface area contributed by atoms with Crippen molar-refractivity contribution < 1.29 is 14.6 Å². The quantitative estimate of drug-likeness (QED) is 0.919. The van der Waals surface area contributed by atoms with Crippen LogP contribution in [0, 0.1) is 0 Å². The third-order valence-corrected chi connectivity index (χ3v) is 5.32. The second-order valence-corrected chi connectivity index (χ2v) is 6.38. The van der Waals surface area contributed by atoms with Gasteiger partial charge in [-0.05, 0) is 42.8 Å². The first kappa shape index (κ1) is 14.0. The van der Waals surface area contributed by atoms with Gasteiger partial charge in [0.05, 0.1) is 12.5 Å². The highest BCUT2D eigenvalue weighted by Crippen LogP contribution is 2.43. The lowest BCUT2D eigenvalue weighted by atomic mass is 9.77. The molecule has 0 radical (unpaired) electrons. The molecule has 21 heavy (non-hydrogen) atoms. The SMILES string of the molecule is COc1ccc(C2(C)CSc3cc(O)ccc3C2=O)cc1. The summed E-state index contributed by atoms with van der Waals surface area (Å²) in [5.41, 5.74) is 1.11. The number of methoxy groups -OCH3 is 1. The maximum absolute atomic E-state index is 12.9. The van der Waals surface area contributed by atoms with Gasteiger partial charge >= 0.3 is 0 Å². The fourth-order valence-corrected chi connectivity index (χ4v) is 3.84. The van der Waals surface area contributed by atoms with Crippen molar-refractivity contribution in [1.82, 2.24) is 0 Å². The molecule has 2 aromatic carbocycles. The Hall–Kier alpha value is -1.94. The molecule has 3 nitrogen and oxygen atoms in total. The molecule has 4 heteroatoms. The zero-order chi connectivity index (χ0) is 15.0. The molecular weight excluding hydrogens is 284 g/mol. The number of ether oxygens (including phenoxy) is 1. The van der Waals surface area contributed by atoms with Gasteiger partial charge in [-0.3, -0.25) is 4.79 Å². The average molecular weight is 300 g/mol. The van der Waals surface area contributed by atoms with Crippen molar-refractivity contribution in [2.75, 3.05) is 12.9 Å². The largest absolute Gasteiger partial charge is 0.508 e. The van der Waals surface area contributed by atoms with Crippen molar-refractivity contribution in [2.45, 2.75) is 17.2 Å². The first-order chi connectivity index (χ1) is 10.0. The molecule has 0 amide bonds. The lowest BCUT2D eigenvalue weighted by molar-refractivity contribution is 0.0905. The molecule has 0 bridgehead atoms. The standard InChI is InChI=1S/C17H16O3S/c1-17(11-3-6-13(20-2)7-4-11)10-21-15-9-12(18)5-8-14(15)16(17)19/h3-9,18H,10H2,1-2H3. The number of phenolic OH excluding ortho intramolecular Hbond substituents is 1. The van der Waals surface area contributed by atoms with Gasteiger partial charge in [-0.25, -0.2) is 0 Å². The molecule has 0 aromatic heterocycles. The topological polar surface area (TPSA) is 46.5 Å². The minimum absolute atomic E-state index is 0.0985. The van der Waals surface area contributed by atoms with Crippen molar-refractivity contribution in [2.24, 2.45) is 0 Å². The number of thioether (sulfide) groups is 1. The summed E-state index contributed by atoms with van der Waals surface area (Å²) < 4.78 is 5.17. The summed E-state index contributed by atoms with van der Waals surface area (Å²) in [6.45, 7) is 1.97. The third kappa shape index (κ3) is 2.29. The van der Waals surface area contributed by atoms with Gasteiger partial charge in [0, 0.05) is 16.2 Å². The van der Waals surface area contributed by atoms with Crippen LogP contribution in [-0.4, -0.2) is 23.8 Å². The second-order valence-electron chi connectivity index (χ2n) is 5.36. The lowest BCUT2D eigenvalue weighted by Gasteiger charge is -2.33. The molecule has 0 saturated carbocycles. The number of rotatable bonds is 2. The monoisotopic (exact) mass is 300 g/mol. The molecular formula is C17H16O3S. The zero-order valence-electron chi connectivity index (χ0n) is 11.9. The highest BCUT2D eigenvalue weighted by Gasteiger charge is 2.40. The third-order valence-electron chi connectivity index (χ3n) is 3.95. The van der Waals surface area contributed by atoms with E-state index in [2.05, 4.69) is 0 Å². The maximum atomic E-state index is 12.9. The molecule has 0 aliphatic carbocycles. The minimum Gasteiger partial charge on any atom is -0.508 e. The Morgan fingerprint density at radius 1 is 1.19 bits per heavy atom. The molecule has 1 aliphatic rings. The van der Waals surface area contributed by atoms with Crippen LogP contribution in [0.3, 0.4) is 0 Å². The van der Waals surface area contributed by atoms with E-state index in [0.29, 0.717) is 11.3 Å². The van der Waals surface area contributed by atoms with E-state index >= 15 is 0 Å². The number of phenols is 1. The average Bonchev–Trinajstić information content (AvgIpc) is 2.51. The van der Waals surface area contributed by atoms with Gasteiger partial charge in [-0.15, -0.1) is 11.8 Å². The van der Waals surface area contributed by atoms with Gasteiger partial charge in [0.1, 0.15) is 11.5 Å². The van der Waals surface area contributed by atoms with E-state index in [1.165, 1.54) is 0 Å².